The van der Waals surface area contributed by atoms with Gasteiger partial charge in [-0.05, 0) is 24.3 Å². The number of hydrogen-bond donors (Lipinski definition) is 2. The summed E-state index contributed by atoms with van der Waals surface area (Å²) in [5, 5.41) is 0. The highest BCUT2D eigenvalue weighted by atomic mass is 14.9. The van der Waals surface area contributed by atoms with Crippen LogP contribution >= 0.6 is 0 Å². The van der Waals surface area contributed by atoms with Crippen LogP contribution in [0.1, 0.15) is 0 Å². The van der Waals surface area contributed by atoms with Crippen molar-refractivity contribution in [3.05, 3.63) is 55.2 Å². The molecular formula is C13H13N5+2. The number of benzene rings is 1. The van der Waals surface area contributed by atoms with E-state index in [1.54, 1.807) is 12.5 Å². The smallest absolute Gasteiger partial charge is 0.274 e. The van der Waals surface area contributed by atoms with Crippen LogP contribution in [0, 0.1) is 0 Å². The number of pyridine rings is 1. The van der Waals surface area contributed by atoms with Crippen molar-refractivity contribution >= 4 is 22.2 Å². The molecule has 4 N–H and O–H groups in total. The van der Waals surface area contributed by atoms with E-state index in [1.807, 2.05) is 42.7 Å². The summed E-state index contributed by atoms with van der Waals surface area (Å²) < 4.78 is 0. The van der Waals surface area contributed by atoms with E-state index in [0.717, 1.165) is 22.2 Å². The summed E-state index contributed by atoms with van der Waals surface area (Å²) >= 11 is 0. The van der Waals surface area contributed by atoms with Crippen LogP contribution in [0.3, 0.4) is 0 Å². The monoisotopic (exact) mass is 239 g/mol. The van der Waals surface area contributed by atoms with Crippen LogP contribution in [0.25, 0.3) is 22.2 Å². The zero-order valence-electron chi connectivity index (χ0n) is 9.64. The summed E-state index contributed by atoms with van der Waals surface area (Å²) in [5.41, 5.74) is 4.24. The van der Waals surface area contributed by atoms with Gasteiger partial charge in [0.05, 0.1) is 0 Å². The third kappa shape index (κ3) is 2.06. The Morgan fingerprint density at radius 2 is 1.61 bits per heavy atom. The number of rotatable bonds is 0. The van der Waals surface area contributed by atoms with Crippen LogP contribution in [0.15, 0.2) is 55.2 Å². The Morgan fingerprint density at radius 3 is 2.50 bits per heavy atom. The largest absolute Gasteiger partial charge is 0.299 e. The molecule has 0 aliphatic carbocycles. The van der Waals surface area contributed by atoms with Crippen molar-refractivity contribution in [2.45, 2.75) is 0 Å². The highest BCUT2D eigenvalue weighted by molar-refractivity contribution is 5.69. The minimum absolute atomic E-state index is 0.900. The average molecular weight is 239 g/mol. The van der Waals surface area contributed by atoms with Crippen LogP contribution in [0.5, 0.6) is 0 Å². The molecule has 4 aromatic rings. The first-order valence-corrected chi connectivity index (χ1v) is 5.67. The van der Waals surface area contributed by atoms with Crippen molar-refractivity contribution in [3.63, 3.8) is 0 Å². The summed E-state index contributed by atoms with van der Waals surface area (Å²) in [6.45, 7) is 0. The van der Waals surface area contributed by atoms with Gasteiger partial charge < -0.3 is 0 Å². The molecule has 0 aliphatic heterocycles. The number of fused-ring (bicyclic) bond motifs is 2. The van der Waals surface area contributed by atoms with Crippen molar-refractivity contribution in [2.75, 3.05) is 0 Å². The maximum Gasteiger partial charge on any atom is 0.299 e. The van der Waals surface area contributed by atoms with Crippen LogP contribution in [0.4, 0.5) is 0 Å². The van der Waals surface area contributed by atoms with Gasteiger partial charge >= 0.3 is 0 Å². The first-order valence-electron chi connectivity index (χ1n) is 5.67. The molecule has 0 amide bonds. The molecule has 5 heteroatoms. The second kappa shape index (κ2) is 4.67. The number of nitrogens with zero attached hydrogens (tertiary/aromatic N) is 1. The Kier molecular flexibility index (Phi) is 2.71. The van der Waals surface area contributed by atoms with Crippen molar-refractivity contribution in [1.82, 2.24) is 15.0 Å². The summed E-state index contributed by atoms with van der Waals surface area (Å²) in [6, 6.07) is 11.9. The van der Waals surface area contributed by atoms with Crippen molar-refractivity contribution in [1.29, 1.82) is 0 Å². The molecule has 0 radical (unpaired) electrons. The van der Waals surface area contributed by atoms with E-state index in [0.29, 0.717) is 0 Å². The van der Waals surface area contributed by atoms with Gasteiger partial charge in [0.2, 0.25) is 6.33 Å². The molecule has 5 nitrogen and oxygen atoms in total. The highest BCUT2D eigenvalue weighted by Crippen LogP contribution is 2.01. The molecule has 4 rings (SSSR count). The summed E-state index contributed by atoms with van der Waals surface area (Å²) in [5.74, 6) is 0. The van der Waals surface area contributed by atoms with Crippen LogP contribution in [-0.2, 0) is 0 Å². The van der Waals surface area contributed by atoms with Gasteiger partial charge in [-0.2, -0.15) is 0 Å². The number of imidazole rings is 2. The van der Waals surface area contributed by atoms with E-state index in [-0.39, 0.29) is 0 Å². The fraction of sp³-hybridized carbons (Fsp3) is 0. The van der Waals surface area contributed by atoms with Crippen molar-refractivity contribution in [2.24, 2.45) is 0 Å². The van der Waals surface area contributed by atoms with E-state index in [2.05, 4.69) is 24.9 Å². The van der Waals surface area contributed by atoms with Crippen molar-refractivity contribution in [3.8, 4) is 0 Å². The summed E-state index contributed by atoms with van der Waals surface area (Å²) in [6.07, 6.45) is 5.34. The van der Waals surface area contributed by atoms with Crippen LogP contribution in [0.2, 0.25) is 0 Å². The SMILES string of the molecule is c1ccc2[nH+]c[nH]c2c1.c1cnc2[nH+]c[nH]c2c1. The number of H-pyrrole nitrogens is 4. The highest BCUT2D eigenvalue weighted by Gasteiger charge is 1.98. The first-order chi connectivity index (χ1) is 8.93. The summed E-state index contributed by atoms with van der Waals surface area (Å²) in [4.78, 5) is 16.1. The number of aromatic nitrogens is 5. The molecule has 0 aliphatic rings. The molecule has 18 heavy (non-hydrogen) atoms. The second-order valence-corrected chi connectivity index (χ2v) is 3.81. The second-order valence-electron chi connectivity index (χ2n) is 3.81. The number of nitrogens with one attached hydrogen (secondary N) is 4. The van der Waals surface area contributed by atoms with Gasteiger partial charge in [0, 0.05) is 0 Å². The van der Waals surface area contributed by atoms with Gasteiger partial charge in [-0.1, -0.05) is 12.1 Å². The maximum absolute atomic E-state index is 4.05. The fourth-order valence-corrected chi connectivity index (χ4v) is 1.75. The lowest BCUT2D eigenvalue weighted by Gasteiger charge is -1.76. The molecule has 0 saturated heterocycles. The Morgan fingerprint density at radius 1 is 0.833 bits per heavy atom. The molecule has 0 fully saturated rings. The van der Waals surface area contributed by atoms with Crippen LogP contribution in [-0.4, -0.2) is 15.0 Å². The van der Waals surface area contributed by atoms with Crippen LogP contribution < -0.4 is 9.97 Å². The topological polar surface area (TPSA) is 72.8 Å². The standard InChI is InChI=1S/C7H6N2.C6H5N3/c1-2-4-7-6(3-1)8-5-9-7;1-2-5-6(7-3-1)9-4-8-5/h1-5H,(H,8,9);1-4H,(H,7,8,9)/p+2. The third-order valence-corrected chi connectivity index (χ3v) is 2.63. The number of para-hydroxylation sites is 2. The fourth-order valence-electron chi connectivity index (χ4n) is 1.75. The number of aromatic amines is 4. The molecule has 0 spiro atoms. The molecule has 0 atom stereocenters. The zero-order chi connectivity index (χ0) is 12.2. The molecule has 0 bridgehead atoms. The molecule has 1 aromatic carbocycles. The predicted octanol–water partition coefficient (Wildman–Crippen LogP) is 1.36. The molecule has 0 saturated carbocycles. The zero-order valence-corrected chi connectivity index (χ0v) is 9.64. The third-order valence-electron chi connectivity index (χ3n) is 2.63. The molecule has 3 heterocycles. The lowest BCUT2D eigenvalue weighted by atomic mass is 10.3. The lowest BCUT2D eigenvalue weighted by Crippen LogP contribution is -1.95. The van der Waals surface area contributed by atoms with E-state index in [4.69, 9.17) is 0 Å². The molecule has 88 valence electrons. The van der Waals surface area contributed by atoms with E-state index in [1.165, 1.54) is 0 Å². The normalized spacial score (nSPS) is 10.2. The molecule has 0 unspecified atom stereocenters. The average Bonchev–Trinajstić information content (AvgIpc) is 3.08. The minimum atomic E-state index is 0.900. The molecular weight excluding hydrogens is 226 g/mol. The van der Waals surface area contributed by atoms with Gasteiger partial charge in [0.1, 0.15) is 6.20 Å². The van der Waals surface area contributed by atoms with E-state index < -0.39 is 0 Å². The van der Waals surface area contributed by atoms with Gasteiger partial charge in [0.25, 0.3) is 5.65 Å². The van der Waals surface area contributed by atoms with E-state index >= 15 is 0 Å². The summed E-state index contributed by atoms with van der Waals surface area (Å²) in [7, 11) is 0. The Bertz CT molecular complexity index is 629. The van der Waals surface area contributed by atoms with E-state index in [9.17, 15) is 0 Å². The quantitative estimate of drug-likeness (QED) is 0.478. The minimum Gasteiger partial charge on any atom is -0.274 e. The Hall–Kier alpha value is -2.69. The molecule has 3 aromatic heterocycles. The van der Waals surface area contributed by atoms with Crippen molar-refractivity contribution < 1.29 is 9.97 Å². The first kappa shape index (κ1) is 10.5. The number of hydrogen-bond acceptors (Lipinski definition) is 1. The maximum atomic E-state index is 4.05. The van der Waals surface area contributed by atoms with Gasteiger partial charge in [-0.25, -0.2) is 15.0 Å². The Labute approximate surface area is 103 Å². The lowest BCUT2D eigenvalue weighted by molar-refractivity contribution is -0.347. The van der Waals surface area contributed by atoms with Gasteiger partial charge in [-0.15, -0.1) is 4.98 Å². The predicted molar refractivity (Wildman–Crippen MR) is 67.5 cm³/mol. The Balaban J connectivity index is 0.000000111. The van der Waals surface area contributed by atoms with Gasteiger partial charge in [-0.3, -0.25) is 4.98 Å². The van der Waals surface area contributed by atoms with Gasteiger partial charge in [0.15, 0.2) is 22.9 Å².